The van der Waals surface area contributed by atoms with Crippen LogP contribution in [0.15, 0.2) is 0 Å². The van der Waals surface area contributed by atoms with Gasteiger partial charge in [0.1, 0.15) is 0 Å². The Balaban J connectivity index is 3.12. The van der Waals surface area contributed by atoms with Crippen molar-refractivity contribution in [3.05, 3.63) is 0 Å². The first-order chi connectivity index (χ1) is 4.66. The van der Waals surface area contributed by atoms with Gasteiger partial charge in [0.15, 0.2) is 0 Å². The number of nitrogens with two attached hydrogens (primary N) is 1. The maximum atomic E-state index is 9.09. The second kappa shape index (κ2) is 5.65. The molecule has 0 radical (unpaired) electrons. The van der Waals surface area contributed by atoms with E-state index in [9.17, 15) is 0 Å². The van der Waals surface area contributed by atoms with Crippen molar-refractivity contribution in [1.29, 1.82) is 0 Å². The van der Waals surface area contributed by atoms with Gasteiger partial charge in [-0.2, -0.15) is 0 Å². The van der Waals surface area contributed by atoms with Gasteiger partial charge in [-0.1, -0.05) is 0 Å². The average Bonchev–Trinajstić information content (AvgIpc) is 1.85. The fourth-order valence-corrected chi connectivity index (χ4v) is 0.579. The highest BCUT2D eigenvalue weighted by atomic mass is 16.5. The molecule has 0 heterocycles. The summed E-state index contributed by atoms with van der Waals surface area (Å²) in [6.07, 6.45) is 0.409. The van der Waals surface area contributed by atoms with Crippen molar-refractivity contribution in [2.75, 3.05) is 13.2 Å². The minimum absolute atomic E-state index is 0.187. The Morgan fingerprint density at radius 1 is 1.50 bits per heavy atom. The molecule has 0 rings (SSSR count). The highest BCUT2D eigenvalue weighted by molar-refractivity contribution is 4.54. The molecule has 0 spiro atoms. The number of hydrogen-bond donors (Lipinski definition) is 2. The molecule has 0 saturated carbocycles. The lowest BCUT2D eigenvalue weighted by Crippen LogP contribution is -2.21. The Morgan fingerprint density at radius 3 is 2.50 bits per heavy atom. The van der Waals surface area contributed by atoms with Gasteiger partial charge in [0.2, 0.25) is 0 Å². The molecule has 10 heavy (non-hydrogen) atoms. The standard InChI is InChI=1S/C7H17NO2/c1-6(2)10-5-7(9)3-4-8/h6-7,9H,3-5,8H2,1-2H3/t7-/m0/s1. The van der Waals surface area contributed by atoms with E-state index in [2.05, 4.69) is 0 Å². The monoisotopic (exact) mass is 147 g/mol. The summed E-state index contributed by atoms with van der Waals surface area (Å²) in [4.78, 5) is 0. The van der Waals surface area contributed by atoms with Crippen LogP contribution in [-0.2, 0) is 4.74 Å². The Morgan fingerprint density at radius 2 is 2.10 bits per heavy atom. The first-order valence-corrected chi connectivity index (χ1v) is 3.66. The highest BCUT2D eigenvalue weighted by Gasteiger charge is 2.02. The highest BCUT2D eigenvalue weighted by Crippen LogP contribution is 1.94. The molecule has 0 aromatic carbocycles. The van der Waals surface area contributed by atoms with Crippen LogP contribution in [0.4, 0.5) is 0 Å². The zero-order valence-electron chi connectivity index (χ0n) is 6.71. The lowest BCUT2D eigenvalue weighted by atomic mass is 10.3. The first-order valence-electron chi connectivity index (χ1n) is 3.66. The van der Waals surface area contributed by atoms with E-state index in [0.717, 1.165) is 0 Å². The van der Waals surface area contributed by atoms with E-state index in [1.54, 1.807) is 0 Å². The van der Waals surface area contributed by atoms with Gasteiger partial charge in [-0.3, -0.25) is 0 Å². The van der Waals surface area contributed by atoms with Crippen LogP contribution in [0.5, 0.6) is 0 Å². The number of hydrogen-bond acceptors (Lipinski definition) is 3. The van der Waals surface area contributed by atoms with Crippen molar-refractivity contribution in [3.8, 4) is 0 Å². The van der Waals surface area contributed by atoms with Gasteiger partial charge >= 0.3 is 0 Å². The summed E-state index contributed by atoms with van der Waals surface area (Å²) in [7, 11) is 0. The fraction of sp³-hybridized carbons (Fsp3) is 1.00. The Bertz CT molecular complexity index is 76.0. The molecule has 0 aromatic heterocycles. The zero-order valence-corrected chi connectivity index (χ0v) is 6.71. The predicted molar refractivity (Wildman–Crippen MR) is 40.8 cm³/mol. The summed E-state index contributed by atoms with van der Waals surface area (Å²) in [5.74, 6) is 0. The summed E-state index contributed by atoms with van der Waals surface area (Å²) in [5, 5.41) is 9.09. The quantitative estimate of drug-likeness (QED) is 0.580. The molecule has 0 aromatic rings. The molecule has 0 aliphatic carbocycles. The molecule has 0 aliphatic rings. The smallest absolute Gasteiger partial charge is 0.0785 e. The topological polar surface area (TPSA) is 55.5 Å². The van der Waals surface area contributed by atoms with Crippen molar-refractivity contribution in [2.45, 2.75) is 32.5 Å². The summed E-state index contributed by atoms with van der Waals surface area (Å²) in [6.45, 7) is 4.79. The average molecular weight is 147 g/mol. The lowest BCUT2D eigenvalue weighted by Gasteiger charge is -2.11. The molecule has 0 aliphatic heterocycles. The summed E-state index contributed by atoms with van der Waals surface area (Å²) in [5.41, 5.74) is 5.22. The van der Waals surface area contributed by atoms with Crippen LogP contribution >= 0.6 is 0 Å². The maximum absolute atomic E-state index is 9.09. The number of ether oxygens (including phenoxy) is 1. The van der Waals surface area contributed by atoms with Crippen LogP contribution < -0.4 is 5.73 Å². The zero-order chi connectivity index (χ0) is 7.98. The van der Waals surface area contributed by atoms with Crippen LogP contribution in [0.1, 0.15) is 20.3 Å². The van der Waals surface area contributed by atoms with Crippen LogP contribution in [0.2, 0.25) is 0 Å². The molecular formula is C7H17NO2. The van der Waals surface area contributed by atoms with E-state index < -0.39 is 6.10 Å². The minimum atomic E-state index is -0.396. The fourth-order valence-electron chi connectivity index (χ4n) is 0.579. The molecule has 0 fully saturated rings. The van der Waals surface area contributed by atoms with Crippen molar-refractivity contribution in [3.63, 3.8) is 0 Å². The van der Waals surface area contributed by atoms with Gasteiger partial charge in [-0.25, -0.2) is 0 Å². The van der Waals surface area contributed by atoms with Gasteiger partial charge in [-0.15, -0.1) is 0 Å². The number of rotatable bonds is 5. The first kappa shape index (κ1) is 9.88. The lowest BCUT2D eigenvalue weighted by molar-refractivity contribution is 0.00372. The molecule has 0 bridgehead atoms. The third-order valence-corrected chi connectivity index (χ3v) is 1.12. The molecule has 1 atom stereocenters. The molecule has 62 valence electrons. The van der Waals surface area contributed by atoms with Crippen molar-refractivity contribution in [1.82, 2.24) is 0 Å². The Hall–Kier alpha value is -0.120. The van der Waals surface area contributed by atoms with Crippen molar-refractivity contribution >= 4 is 0 Å². The van der Waals surface area contributed by atoms with Crippen LogP contribution in [0.25, 0.3) is 0 Å². The predicted octanol–water partition coefficient (Wildman–Crippen LogP) is 0.121. The van der Waals surface area contributed by atoms with Gasteiger partial charge in [-0.05, 0) is 26.8 Å². The molecular weight excluding hydrogens is 130 g/mol. The van der Waals surface area contributed by atoms with Crippen LogP contribution in [0, 0.1) is 0 Å². The summed E-state index contributed by atoms with van der Waals surface area (Å²) in [6, 6.07) is 0. The largest absolute Gasteiger partial charge is 0.391 e. The van der Waals surface area contributed by atoms with Gasteiger partial charge in [0.05, 0.1) is 18.8 Å². The Labute approximate surface area is 62.2 Å². The van der Waals surface area contributed by atoms with E-state index in [1.807, 2.05) is 13.8 Å². The minimum Gasteiger partial charge on any atom is -0.391 e. The molecule has 0 saturated heterocycles. The van der Waals surface area contributed by atoms with E-state index in [-0.39, 0.29) is 6.10 Å². The Kier molecular flexibility index (Phi) is 5.58. The molecule has 3 N–H and O–H groups in total. The van der Waals surface area contributed by atoms with Gasteiger partial charge in [0.25, 0.3) is 0 Å². The second-order valence-corrected chi connectivity index (χ2v) is 2.61. The number of aliphatic hydroxyl groups is 1. The van der Waals surface area contributed by atoms with E-state index in [1.165, 1.54) is 0 Å². The third-order valence-electron chi connectivity index (χ3n) is 1.12. The molecule has 3 nitrogen and oxygen atoms in total. The van der Waals surface area contributed by atoms with Crippen molar-refractivity contribution in [2.24, 2.45) is 5.73 Å². The van der Waals surface area contributed by atoms with Crippen LogP contribution in [-0.4, -0.2) is 30.5 Å². The molecule has 0 amide bonds. The van der Waals surface area contributed by atoms with Gasteiger partial charge < -0.3 is 15.6 Å². The SMILES string of the molecule is CC(C)OC[C@@H](O)CCN. The van der Waals surface area contributed by atoms with Crippen LogP contribution in [0.3, 0.4) is 0 Å². The van der Waals surface area contributed by atoms with E-state index in [4.69, 9.17) is 15.6 Å². The van der Waals surface area contributed by atoms with E-state index in [0.29, 0.717) is 19.6 Å². The van der Waals surface area contributed by atoms with Crippen molar-refractivity contribution < 1.29 is 9.84 Å². The molecule has 3 heteroatoms. The van der Waals surface area contributed by atoms with Gasteiger partial charge in [0, 0.05) is 0 Å². The maximum Gasteiger partial charge on any atom is 0.0785 e. The third kappa shape index (κ3) is 6.01. The summed E-state index contributed by atoms with van der Waals surface area (Å²) < 4.78 is 5.15. The number of aliphatic hydroxyl groups excluding tert-OH is 1. The normalized spacial score (nSPS) is 14.1. The molecule has 0 unspecified atom stereocenters. The summed E-state index contributed by atoms with van der Waals surface area (Å²) >= 11 is 0. The second-order valence-electron chi connectivity index (χ2n) is 2.61. The van der Waals surface area contributed by atoms with E-state index >= 15 is 0 Å².